The molecule has 0 saturated carbocycles. The van der Waals surface area contributed by atoms with Gasteiger partial charge in [0.05, 0.1) is 29.3 Å². The molecular formula is C20H23Cl3N4O5S2. The first-order valence-corrected chi connectivity index (χ1v) is 12.3. The lowest BCUT2D eigenvalue weighted by molar-refractivity contribution is -0.135. The van der Waals surface area contributed by atoms with Crippen molar-refractivity contribution < 1.29 is 24.2 Å². The van der Waals surface area contributed by atoms with Crippen molar-refractivity contribution in [2.24, 2.45) is 0 Å². The van der Waals surface area contributed by atoms with E-state index in [0.29, 0.717) is 40.6 Å². The third kappa shape index (κ3) is 8.56. The van der Waals surface area contributed by atoms with Gasteiger partial charge in [-0.1, -0.05) is 29.3 Å². The third-order valence-electron chi connectivity index (χ3n) is 4.64. The average Bonchev–Trinajstić information content (AvgIpc) is 3.23. The van der Waals surface area contributed by atoms with Gasteiger partial charge in [-0.3, -0.25) is 23.6 Å². The van der Waals surface area contributed by atoms with Crippen LogP contribution >= 0.6 is 58.9 Å². The summed E-state index contributed by atoms with van der Waals surface area (Å²) in [6.07, 6.45) is -0.198. The van der Waals surface area contributed by atoms with E-state index in [4.69, 9.17) is 33.0 Å². The highest BCUT2D eigenvalue weighted by Gasteiger charge is 2.26. The molecule has 9 nitrogen and oxygen atoms in total. The molecule has 0 unspecified atom stereocenters. The van der Waals surface area contributed by atoms with Crippen LogP contribution in [0.1, 0.15) is 23.0 Å². The van der Waals surface area contributed by atoms with Crippen molar-refractivity contribution in [1.29, 1.82) is 0 Å². The maximum atomic E-state index is 12.2. The number of aliphatic carboxylic acids is 1. The van der Waals surface area contributed by atoms with Gasteiger partial charge in [0.2, 0.25) is 5.91 Å². The maximum Gasteiger partial charge on any atom is 0.322 e. The van der Waals surface area contributed by atoms with E-state index in [1.165, 1.54) is 23.6 Å². The predicted octanol–water partition coefficient (Wildman–Crippen LogP) is 3.44. The van der Waals surface area contributed by atoms with Crippen LogP contribution < -0.4 is 5.32 Å². The summed E-state index contributed by atoms with van der Waals surface area (Å²) in [7, 11) is 0. The highest BCUT2D eigenvalue weighted by Crippen LogP contribution is 2.28. The van der Waals surface area contributed by atoms with Crippen LogP contribution in [0.25, 0.3) is 0 Å². The highest BCUT2D eigenvalue weighted by atomic mass is 35.5. The lowest BCUT2D eigenvalue weighted by atomic mass is 10.2. The van der Waals surface area contributed by atoms with Crippen LogP contribution in [-0.2, 0) is 20.9 Å². The fourth-order valence-electron chi connectivity index (χ4n) is 3.09. The summed E-state index contributed by atoms with van der Waals surface area (Å²) in [4.78, 5) is 41.2. The van der Waals surface area contributed by atoms with E-state index >= 15 is 0 Å². The fourth-order valence-corrected chi connectivity index (χ4v) is 5.22. The number of nitrogens with zero attached hydrogens (tertiary/aromatic N) is 3. The van der Waals surface area contributed by atoms with Crippen molar-refractivity contribution in [1.82, 2.24) is 19.5 Å². The standard InChI is InChI=1S/C20H22Cl2N4O5S2.ClH/c1-12(27)26(33-20-24-17(11-32-20)19(30)23-7-18(28)29)10-14-9-25(4-5-31-14)8-13-2-3-15(21)16(22)6-13;/h2-3,6,11,14H,4-5,7-10H2,1H3,(H,23,30)(H,28,29);1H/t14-;/m0./s1. The highest BCUT2D eigenvalue weighted by molar-refractivity contribution is 7.99. The Hall–Kier alpha value is -1.60. The number of amides is 2. The van der Waals surface area contributed by atoms with E-state index in [-0.39, 0.29) is 30.1 Å². The quantitative estimate of drug-likeness (QED) is 0.442. The maximum absolute atomic E-state index is 12.2. The minimum atomic E-state index is -1.14. The molecule has 0 aliphatic carbocycles. The zero-order chi connectivity index (χ0) is 24.0. The van der Waals surface area contributed by atoms with E-state index in [9.17, 15) is 14.4 Å². The fraction of sp³-hybridized carbons (Fsp3) is 0.400. The minimum Gasteiger partial charge on any atom is -0.480 e. The molecule has 2 amide bonds. The van der Waals surface area contributed by atoms with Crippen molar-refractivity contribution in [2.45, 2.75) is 23.9 Å². The van der Waals surface area contributed by atoms with Crippen LogP contribution in [0.3, 0.4) is 0 Å². The molecule has 1 atom stereocenters. The molecule has 1 aromatic heterocycles. The van der Waals surface area contributed by atoms with Gasteiger partial charge >= 0.3 is 5.97 Å². The van der Waals surface area contributed by atoms with Gasteiger partial charge in [0.25, 0.3) is 5.91 Å². The molecule has 3 rings (SSSR count). The normalized spacial score (nSPS) is 15.9. The van der Waals surface area contributed by atoms with Gasteiger partial charge in [0.1, 0.15) is 12.2 Å². The molecule has 0 spiro atoms. The molecule has 1 aromatic carbocycles. The van der Waals surface area contributed by atoms with E-state index < -0.39 is 18.4 Å². The molecule has 1 aliphatic heterocycles. The molecule has 2 heterocycles. The smallest absolute Gasteiger partial charge is 0.322 e. The number of carboxylic acids is 1. The summed E-state index contributed by atoms with van der Waals surface area (Å²) in [5.41, 5.74) is 1.15. The van der Waals surface area contributed by atoms with Crippen molar-refractivity contribution in [2.75, 3.05) is 32.8 Å². The summed E-state index contributed by atoms with van der Waals surface area (Å²) in [6.45, 7) is 3.92. The Bertz CT molecular complexity index is 1030. The van der Waals surface area contributed by atoms with E-state index in [1.54, 1.807) is 10.4 Å². The number of rotatable bonds is 9. The minimum absolute atomic E-state index is 0. The van der Waals surface area contributed by atoms with Crippen LogP contribution in [0, 0.1) is 0 Å². The first-order valence-electron chi connectivity index (χ1n) is 9.90. The Labute approximate surface area is 221 Å². The number of hydrogen-bond acceptors (Lipinski definition) is 8. The van der Waals surface area contributed by atoms with Crippen molar-refractivity contribution >= 4 is 76.7 Å². The summed E-state index contributed by atoms with van der Waals surface area (Å²) in [5.74, 6) is -1.89. The molecule has 186 valence electrons. The molecule has 14 heteroatoms. The van der Waals surface area contributed by atoms with Crippen molar-refractivity contribution in [3.63, 3.8) is 0 Å². The van der Waals surface area contributed by atoms with E-state index in [2.05, 4.69) is 15.2 Å². The number of carbonyl (C=O) groups excluding carboxylic acids is 2. The first-order chi connectivity index (χ1) is 15.7. The number of benzene rings is 1. The molecular weight excluding hydrogens is 547 g/mol. The molecule has 1 fully saturated rings. The van der Waals surface area contributed by atoms with Gasteiger partial charge in [-0.05, 0) is 17.7 Å². The number of hydrogen-bond donors (Lipinski definition) is 2. The SMILES string of the molecule is CC(=O)N(C[C@@H]1CN(Cc2ccc(Cl)c(Cl)c2)CCO1)Sc1nc(C(=O)NCC(=O)O)cs1.Cl. The van der Waals surface area contributed by atoms with Gasteiger partial charge in [-0.15, -0.1) is 23.7 Å². The van der Waals surface area contributed by atoms with Gasteiger partial charge in [-0.25, -0.2) is 4.98 Å². The average molecular weight is 570 g/mol. The van der Waals surface area contributed by atoms with Crippen LogP contribution in [0.4, 0.5) is 0 Å². The number of thiazole rings is 1. The molecule has 0 bridgehead atoms. The molecule has 34 heavy (non-hydrogen) atoms. The number of carbonyl (C=O) groups is 3. The van der Waals surface area contributed by atoms with Gasteiger partial charge < -0.3 is 15.2 Å². The Kier molecular flexibility index (Phi) is 11.4. The first kappa shape index (κ1) is 28.6. The van der Waals surface area contributed by atoms with Crippen molar-refractivity contribution in [3.05, 3.63) is 44.9 Å². The summed E-state index contributed by atoms with van der Waals surface area (Å²) in [5, 5.41) is 13.5. The second kappa shape index (κ2) is 13.5. The Morgan fingerprint density at radius 3 is 2.79 bits per heavy atom. The van der Waals surface area contributed by atoms with Gasteiger partial charge in [0.15, 0.2) is 4.34 Å². The topological polar surface area (TPSA) is 112 Å². The van der Waals surface area contributed by atoms with Crippen LogP contribution in [0.5, 0.6) is 0 Å². The molecule has 2 aromatic rings. The summed E-state index contributed by atoms with van der Waals surface area (Å²) in [6, 6.07) is 5.55. The zero-order valence-electron chi connectivity index (χ0n) is 18.0. The number of ether oxygens (including phenoxy) is 1. The molecule has 1 saturated heterocycles. The lowest BCUT2D eigenvalue weighted by Gasteiger charge is -2.35. The van der Waals surface area contributed by atoms with E-state index in [0.717, 1.165) is 24.1 Å². The number of morpholine rings is 1. The van der Waals surface area contributed by atoms with Crippen LogP contribution in [0.15, 0.2) is 27.9 Å². The summed E-state index contributed by atoms with van der Waals surface area (Å²) >= 11 is 14.4. The second-order valence-electron chi connectivity index (χ2n) is 7.22. The van der Waals surface area contributed by atoms with Crippen LogP contribution in [-0.4, -0.2) is 76.0 Å². The van der Waals surface area contributed by atoms with Crippen molar-refractivity contribution in [3.8, 4) is 0 Å². The second-order valence-corrected chi connectivity index (χ2v) is 10.2. The van der Waals surface area contributed by atoms with Gasteiger partial charge in [0, 0.05) is 43.9 Å². The van der Waals surface area contributed by atoms with E-state index in [1.807, 2.05) is 12.1 Å². The summed E-state index contributed by atoms with van der Waals surface area (Å²) < 4.78 is 7.91. The molecule has 2 N–H and O–H groups in total. The predicted molar refractivity (Wildman–Crippen MR) is 134 cm³/mol. The monoisotopic (exact) mass is 568 g/mol. The van der Waals surface area contributed by atoms with Crippen LogP contribution in [0.2, 0.25) is 10.0 Å². The van der Waals surface area contributed by atoms with Gasteiger partial charge in [-0.2, -0.15) is 0 Å². The Morgan fingerprint density at radius 2 is 2.12 bits per heavy atom. The lowest BCUT2D eigenvalue weighted by Crippen LogP contribution is -2.46. The number of halogens is 3. The molecule has 1 aliphatic rings. The number of aromatic nitrogens is 1. The number of carboxylic acid groups (broad SMARTS) is 1. The Morgan fingerprint density at radius 1 is 1.35 bits per heavy atom. The zero-order valence-corrected chi connectivity index (χ0v) is 22.0. The third-order valence-corrected chi connectivity index (χ3v) is 7.40. The molecule has 0 radical (unpaired) electrons. The Balaban J connectivity index is 0.00000408. The largest absolute Gasteiger partial charge is 0.480 e. The number of nitrogens with one attached hydrogen (secondary N) is 1.